The van der Waals surface area contributed by atoms with Crippen LogP contribution in [-0.4, -0.2) is 15.5 Å². The number of imidazole rings is 1. The topological polar surface area (TPSA) is 44.1 Å². The van der Waals surface area contributed by atoms with Gasteiger partial charge >= 0.3 is 5.97 Å². The Labute approximate surface area is 133 Å². The summed E-state index contributed by atoms with van der Waals surface area (Å²) in [7, 11) is 0. The number of rotatable bonds is 4. The first-order valence-electron chi connectivity index (χ1n) is 6.99. The Kier molecular flexibility index (Phi) is 4.11. The van der Waals surface area contributed by atoms with Gasteiger partial charge in [-0.2, -0.15) is 0 Å². The van der Waals surface area contributed by atoms with E-state index in [1.165, 1.54) is 0 Å². The van der Waals surface area contributed by atoms with Gasteiger partial charge in [0.1, 0.15) is 12.6 Å². The SMILES string of the molecule is C[C@H](OC(=O)Cn1cnc2ccccc21)c1ccccc1Cl. The molecule has 2 aromatic carbocycles. The lowest BCUT2D eigenvalue weighted by molar-refractivity contribution is -0.149. The Hall–Kier alpha value is -2.33. The second kappa shape index (κ2) is 6.20. The summed E-state index contributed by atoms with van der Waals surface area (Å²) in [6, 6.07) is 15.0. The van der Waals surface area contributed by atoms with E-state index >= 15 is 0 Å². The van der Waals surface area contributed by atoms with Crippen LogP contribution in [0.15, 0.2) is 54.9 Å². The first kappa shape index (κ1) is 14.6. The van der Waals surface area contributed by atoms with Gasteiger partial charge in [-0.15, -0.1) is 0 Å². The number of hydrogen-bond donors (Lipinski definition) is 0. The fraction of sp³-hybridized carbons (Fsp3) is 0.176. The molecule has 0 N–H and O–H groups in total. The molecule has 5 heteroatoms. The van der Waals surface area contributed by atoms with Crippen molar-refractivity contribution in [1.82, 2.24) is 9.55 Å². The fourth-order valence-electron chi connectivity index (χ4n) is 2.38. The van der Waals surface area contributed by atoms with E-state index in [1.54, 1.807) is 17.0 Å². The summed E-state index contributed by atoms with van der Waals surface area (Å²) in [5, 5.41) is 0.593. The molecule has 0 aliphatic rings. The second-order valence-electron chi connectivity index (χ2n) is 5.01. The van der Waals surface area contributed by atoms with Crippen LogP contribution >= 0.6 is 11.6 Å². The van der Waals surface area contributed by atoms with Gasteiger partial charge < -0.3 is 9.30 Å². The van der Waals surface area contributed by atoms with E-state index in [4.69, 9.17) is 16.3 Å². The summed E-state index contributed by atoms with van der Waals surface area (Å²) in [6.45, 7) is 1.93. The van der Waals surface area contributed by atoms with Crippen molar-refractivity contribution < 1.29 is 9.53 Å². The molecule has 0 saturated heterocycles. The van der Waals surface area contributed by atoms with Crippen molar-refractivity contribution >= 4 is 28.6 Å². The van der Waals surface area contributed by atoms with Crippen LogP contribution in [0.1, 0.15) is 18.6 Å². The van der Waals surface area contributed by atoms with Gasteiger partial charge in [-0.3, -0.25) is 4.79 Å². The lowest BCUT2D eigenvalue weighted by Crippen LogP contribution is -2.15. The third-order valence-corrected chi connectivity index (χ3v) is 3.82. The van der Waals surface area contributed by atoms with E-state index in [0.29, 0.717) is 5.02 Å². The molecule has 0 spiro atoms. The third kappa shape index (κ3) is 2.97. The van der Waals surface area contributed by atoms with Crippen molar-refractivity contribution in [3.8, 4) is 0 Å². The second-order valence-corrected chi connectivity index (χ2v) is 5.42. The van der Waals surface area contributed by atoms with Crippen LogP contribution < -0.4 is 0 Å². The number of nitrogens with zero attached hydrogens (tertiary/aromatic N) is 2. The predicted octanol–water partition coefficient (Wildman–Crippen LogP) is 3.99. The lowest BCUT2D eigenvalue weighted by atomic mass is 10.1. The Bertz CT molecular complexity index is 813. The Morgan fingerprint density at radius 3 is 2.77 bits per heavy atom. The molecule has 1 aromatic heterocycles. The van der Waals surface area contributed by atoms with Gasteiger partial charge in [-0.25, -0.2) is 4.98 Å². The molecule has 4 nitrogen and oxygen atoms in total. The maximum Gasteiger partial charge on any atom is 0.326 e. The molecule has 0 fully saturated rings. The average Bonchev–Trinajstić information content (AvgIpc) is 2.91. The minimum absolute atomic E-state index is 0.120. The molecule has 0 saturated carbocycles. The van der Waals surface area contributed by atoms with Crippen LogP contribution in [0.4, 0.5) is 0 Å². The molecule has 112 valence electrons. The molecule has 1 atom stereocenters. The van der Waals surface area contributed by atoms with E-state index < -0.39 is 6.10 Å². The maximum absolute atomic E-state index is 12.1. The van der Waals surface area contributed by atoms with Crippen molar-refractivity contribution in [1.29, 1.82) is 0 Å². The number of hydrogen-bond acceptors (Lipinski definition) is 3. The van der Waals surface area contributed by atoms with Crippen molar-refractivity contribution in [3.05, 3.63) is 65.4 Å². The molecule has 3 aromatic rings. The number of halogens is 1. The maximum atomic E-state index is 12.1. The molecule has 22 heavy (non-hydrogen) atoms. The molecule has 0 bridgehead atoms. The van der Waals surface area contributed by atoms with Crippen LogP contribution in [-0.2, 0) is 16.1 Å². The van der Waals surface area contributed by atoms with Crippen molar-refractivity contribution in [3.63, 3.8) is 0 Å². The Morgan fingerprint density at radius 1 is 1.23 bits per heavy atom. The van der Waals surface area contributed by atoms with Crippen LogP contribution in [0, 0.1) is 0 Å². The summed E-state index contributed by atoms with van der Waals surface area (Å²) in [6.07, 6.45) is 1.25. The van der Waals surface area contributed by atoms with Crippen molar-refractivity contribution in [2.45, 2.75) is 19.6 Å². The monoisotopic (exact) mass is 314 g/mol. The van der Waals surface area contributed by atoms with E-state index in [0.717, 1.165) is 16.6 Å². The molecule has 0 amide bonds. The van der Waals surface area contributed by atoms with Crippen LogP contribution in [0.25, 0.3) is 11.0 Å². The summed E-state index contributed by atoms with van der Waals surface area (Å²) >= 11 is 6.12. The van der Waals surface area contributed by atoms with E-state index in [2.05, 4.69) is 4.98 Å². The van der Waals surface area contributed by atoms with Gasteiger partial charge in [-0.05, 0) is 25.1 Å². The minimum atomic E-state index is -0.393. The highest BCUT2D eigenvalue weighted by Gasteiger charge is 2.15. The number of esters is 1. The summed E-state index contributed by atoms with van der Waals surface area (Å²) < 4.78 is 7.24. The highest BCUT2D eigenvalue weighted by atomic mass is 35.5. The average molecular weight is 315 g/mol. The first-order valence-corrected chi connectivity index (χ1v) is 7.37. The first-order chi connectivity index (χ1) is 10.6. The number of carbonyl (C=O) groups is 1. The zero-order valence-electron chi connectivity index (χ0n) is 12.1. The molecular weight excluding hydrogens is 300 g/mol. The van der Waals surface area contributed by atoms with Gasteiger partial charge in [0.25, 0.3) is 0 Å². The van der Waals surface area contributed by atoms with E-state index in [-0.39, 0.29) is 12.5 Å². The third-order valence-electron chi connectivity index (χ3n) is 3.48. The van der Waals surface area contributed by atoms with Crippen LogP contribution in [0.5, 0.6) is 0 Å². The number of ether oxygens (including phenoxy) is 1. The van der Waals surface area contributed by atoms with Gasteiger partial charge in [0.15, 0.2) is 0 Å². The van der Waals surface area contributed by atoms with Gasteiger partial charge in [-0.1, -0.05) is 41.9 Å². The molecule has 0 aliphatic heterocycles. The number of carbonyl (C=O) groups excluding carboxylic acids is 1. The molecule has 0 radical (unpaired) electrons. The fourth-order valence-corrected chi connectivity index (χ4v) is 2.67. The number of benzene rings is 2. The number of aromatic nitrogens is 2. The molecule has 1 heterocycles. The molecule has 0 unspecified atom stereocenters. The summed E-state index contributed by atoms with van der Waals surface area (Å²) in [5.41, 5.74) is 2.56. The standard InChI is InChI=1S/C17H15ClN2O2/c1-12(13-6-2-3-7-14(13)18)22-17(21)10-20-11-19-15-8-4-5-9-16(15)20/h2-9,11-12H,10H2,1H3/t12-/m0/s1. The highest BCUT2D eigenvalue weighted by molar-refractivity contribution is 6.31. The number of para-hydroxylation sites is 2. The van der Waals surface area contributed by atoms with Gasteiger partial charge in [0, 0.05) is 10.6 Å². The van der Waals surface area contributed by atoms with Gasteiger partial charge in [0.05, 0.1) is 17.4 Å². The zero-order chi connectivity index (χ0) is 15.5. The quantitative estimate of drug-likeness (QED) is 0.684. The Morgan fingerprint density at radius 2 is 1.95 bits per heavy atom. The Balaban J connectivity index is 1.71. The highest BCUT2D eigenvalue weighted by Crippen LogP contribution is 2.25. The zero-order valence-corrected chi connectivity index (χ0v) is 12.8. The van der Waals surface area contributed by atoms with Crippen LogP contribution in [0.2, 0.25) is 5.02 Å². The largest absolute Gasteiger partial charge is 0.456 e. The molecule has 0 aliphatic carbocycles. The molecular formula is C17H15ClN2O2. The van der Waals surface area contributed by atoms with Crippen molar-refractivity contribution in [2.24, 2.45) is 0 Å². The summed E-state index contributed by atoms with van der Waals surface area (Å²) in [5.74, 6) is -0.324. The normalized spacial score (nSPS) is 12.3. The smallest absolute Gasteiger partial charge is 0.326 e. The van der Waals surface area contributed by atoms with E-state index in [1.807, 2.05) is 49.4 Å². The van der Waals surface area contributed by atoms with Gasteiger partial charge in [0.2, 0.25) is 0 Å². The lowest BCUT2D eigenvalue weighted by Gasteiger charge is -2.15. The van der Waals surface area contributed by atoms with Crippen molar-refractivity contribution in [2.75, 3.05) is 0 Å². The predicted molar refractivity (Wildman–Crippen MR) is 85.7 cm³/mol. The molecule has 3 rings (SSSR count). The summed E-state index contributed by atoms with van der Waals surface area (Å²) in [4.78, 5) is 16.4. The number of fused-ring (bicyclic) bond motifs is 1. The van der Waals surface area contributed by atoms with Crippen LogP contribution in [0.3, 0.4) is 0 Å². The van der Waals surface area contributed by atoms with E-state index in [9.17, 15) is 4.79 Å². The minimum Gasteiger partial charge on any atom is -0.456 e.